The Hall–Kier alpha value is -0.570. The normalized spacial score (nSPS) is 22.8. The molecule has 1 saturated heterocycles. The number of hydrogen-bond donors (Lipinski definition) is 1. The fourth-order valence-corrected chi connectivity index (χ4v) is 1.59. The minimum Gasteiger partial charge on any atom is -0.389 e. The van der Waals surface area contributed by atoms with E-state index in [1.54, 1.807) is 4.90 Å². The highest BCUT2D eigenvalue weighted by atomic mass is 16.3. The van der Waals surface area contributed by atoms with Crippen LogP contribution >= 0.6 is 0 Å². The smallest absolute Gasteiger partial charge is 0.209 e. The van der Waals surface area contributed by atoms with Gasteiger partial charge in [-0.2, -0.15) is 0 Å². The first kappa shape index (κ1) is 9.52. The predicted octanol–water partition coefficient (Wildman–Crippen LogP) is 0.626. The van der Waals surface area contributed by atoms with Gasteiger partial charge in [0.25, 0.3) is 0 Å². The van der Waals surface area contributed by atoms with Gasteiger partial charge in [0.2, 0.25) is 6.41 Å². The Balaban J connectivity index is 2.49. The van der Waals surface area contributed by atoms with Crippen LogP contribution in [-0.4, -0.2) is 35.1 Å². The summed E-state index contributed by atoms with van der Waals surface area (Å²) in [6.45, 7) is 5.43. The second-order valence-electron chi connectivity index (χ2n) is 3.90. The van der Waals surface area contributed by atoms with E-state index in [9.17, 15) is 9.90 Å². The lowest BCUT2D eigenvalue weighted by molar-refractivity contribution is -0.124. The van der Waals surface area contributed by atoms with Crippen LogP contribution in [0.3, 0.4) is 0 Å². The fourth-order valence-electron chi connectivity index (χ4n) is 1.59. The Kier molecular flexibility index (Phi) is 2.73. The summed E-state index contributed by atoms with van der Waals surface area (Å²) < 4.78 is 0. The number of piperidine rings is 1. The highest BCUT2D eigenvalue weighted by molar-refractivity contribution is 5.47. The van der Waals surface area contributed by atoms with Crippen LogP contribution in [-0.2, 0) is 4.79 Å². The van der Waals surface area contributed by atoms with E-state index in [2.05, 4.69) is 0 Å². The van der Waals surface area contributed by atoms with Crippen LogP contribution in [0.15, 0.2) is 0 Å². The van der Waals surface area contributed by atoms with Crippen molar-refractivity contribution in [3.63, 3.8) is 0 Å². The average molecular weight is 171 g/mol. The lowest BCUT2D eigenvalue weighted by Gasteiger charge is -2.39. The van der Waals surface area contributed by atoms with Crippen molar-refractivity contribution >= 4 is 6.41 Å². The van der Waals surface area contributed by atoms with Gasteiger partial charge in [-0.1, -0.05) is 13.8 Å². The maximum Gasteiger partial charge on any atom is 0.209 e. The molecule has 1 heterocycles. The van der Waals surface area contributed by atoms with E-state index in [1.165, 1.54) is 0 Å². The average Bonchev–Trinajstić information content (AvgIpc) is 2.06. The van der Waals surface area contributed by atoms with Crippen molar-refractivity contribution in [3.05, 3.63) is 0 Å². The molecule has 0 aromatic heterocycles. The molecule has 1 N–H and O–H groups in total. The molecule has 0 aromatic carbocycles. The van der Waals surface area contributed by atoms with Gasteiger partial charge in [0.1, 0.15) is 0 Å². The molecule has 70 valence electrons. The van der Waals surface area contributed by atoms with Gasteiger partial charge in [0, 0.05) is 13.1 Å². The Labute approximate surface area is 73.4 Å². The third kappa shape index (κ3) is 1.78. The highest BCUT2D eigenvalue weighted by Crippen LogP contribution is 2.28. The van der Waals surface area contributed by atoms with Gasteiger partial charge < -0.3 is 10.0 Å². The molecule has 0 aliphatic carbocycles. The van der Waals surface area contributed by atoms with Crippen molar-refractivity contribution in [1.29, 1.82) is 0 Å². The molecule has 1 rings (SSSR count). The van der Waals surface area contributed by atoms with Crippen molar-refractivity contribution in [2.75, 3.05) is 13.1 Å². The Bertz CT molecular complexity index is 160. The summed E-state index contributed by atoms with van der Waals surface area (Å²) in [5, 5.41) is 10.0. The van der Waals surface area contributed by atoms with Crippen molar-refractivity contribution < 1.29 is 9.90 Å². The molecule has 12 heavy (non-hydrogen) atoms. The first-order valence-electron chi connectivity index (χ1n) is 4.50. The lowest BCUT2D eigenvalue weighted by Crippen LogP contribution is -2.46. The largest absolute Gasteiger partial charge is 0.389 e. The summed E-state index contributed by atoms with van der Waals surface area (Å²) in [5.74, 6) is 0.284. The van der Waals surface area contributed by atoms with Gasteiger partial charge in [0.05, 0.1) is 5.60 Å². The molecular weight excluding hydrogens is 154 g/mol. The SMILES string of the molecule is CC(C)C1(O)CCN(C=O)CC1. The summed E-state index contributed by atoms with van der Waals surface area (Å²) in [6.07, 6.45) is 2.28. The van der Waals surface area contributed by atoms with Gasteiger partial charge >= 0.3 is 0 Å². The molecule has 3 nitrogen and oxygen atoms in total. The maximum absolute atomic E-state index is 10.4. The van der Waals surface area contributed by atoms with Crippen LogP contribution in [0.4, 0.5) is 0 Å². The molecular formula is C9H17NO2. The molecule has 1 aliphatic rings. The molecule has 0 saturated carbocycles. The summed E-state index contributed by atoms with van der Waals surface area (Å²) in [7, 11) is 0. The number of nitrogens with zero attached hydrogens (tertiary/aromatic N) is 1. The van der Waals surface area contributed by atoms with E-state index in [0.29, 0.717) is 25.9 Å². The fraction of sp³-hybridized carbons (Fsp3) is 0.889. The monoisotopic (exact) mass is 171 g/mol. The topological polar surface area (TPSA) is 40.5 Å². The van der Waals surface area contributed by atoms with Crippen molar-refractivity contribution in [1.82, 2.24) is 4.90 Å². The molecule has 1 aliphatic heterocycles. The Morgan fingerprint density at radius 2 is 1.92 bits per heavy atom. The second kappa shape index (κ2) is 3.44. The van der Waals surface area contributed by atoms with Crippen LogP contribution in [0.5, 0.6) is 0 Å². The number of likely N-dealkylation sites (tertiary alicyclic amines) is 1. The van der Waals surface area contributed by atoms with Gasteiger partial charge in [0.15, 0.2) is 0 Å². The molecule has 0 radical (unpaired) electrons. The number of aliphatic hydroxyl groups is 1. The summed E-state index contributed by atoms with van der Waals surface area (Å²) in [6, 6.07) is 0. The van der Waals surface area contributed by atoms with Crippen molar-refractivity contribution in [2.45, 2.75) is 32.3 Å². The van der Waals surface area contributed by atoms with Crippen molar-refractivity contribution in [2.24, 2.45) is 5.92 Å². The van der Waals surface area contributed by atoms with E-state index in [1.807, 2.05) is 13.8 Å². The zero-order valence-electron chi connectivity index (χ0n) is 7.79. The number of carbonyl (C=O) groups is 1. The van der Waals surface area contributed by atoms with E-state index in [-0.39, 0.29) is 5.92 Å². The minimum absolute atomic E-state index is 0.284. The summed E-state index contributed by atoms with van der Waals surface area (Å²) in [4.78, 5) is 12.1. The van der Waals surface area contributed by atoms with E-state index in [4.69, 9.17) is 0 Å². The number of hydrogen-bond acceptors (Lipinski definition) is 2. The zero-order chi connectivity index (χ0) is 9.19. The second-order valence-corrected chi connectivity index (χ2v) is 3.90. The van der Waals surface area contributed by atoms with Crippen molar-refractivity contribution in [3.8, 4) is 0 Å². The van der Waals surface area contributed by atoms with Gasteiger partial charge in [-0.3, -0.25) is 4.79 Å². The molecule has 0 unspecified atom stereocenters. The van der Waals surface area contributed by atoms with Crippen LogP contribution in [0, 0.1) is 5.92 Å². The summed E-state index contributed by atoms with van der Waals surface area (Å²) >= 11 is 0. The maximum atomic E-state index is 10.4. The molecule has 0 bridgehead atoms. The van der Waals surface area contributed by atoms with E-state index >= 15 is 0 Å². The Morgan fingerprint density at radius 1 is 1.42 bits per heavy atom. The van der Waals surface area contributed by atoms with E-state index < -0.39 is 5.60 Å². The van der Waals surface area contributed by atoms with Crippen LogP contribution in [0.25, 0.3) is 0 Å². The molecule has 3 heteroatoms. The lowest BCUT2D eigenvalue weighted by atomic mass is 9.82. The number of amides is 1. The van der Waals surface area contributed by atoms with Crippen LogP contribution in [0.2, 0.25) is 0 Å². The number of carbonyl (C=O) groups excluding carboxylic acids is 1. The quantitative estimate of drug-likeness (QED) is 0.619. The molecule has 1 amide bonds. The highest BCUT2D eigenvalue weighted by Gasteiger charge is 2.34. The first-order chi connectivity index (χ1) is 5.58. The molecule has 1 fully saturated rings. The molecule has 0 aromatic rings. The number of rotatable bonds is 2. The van der Waals surface area contributed by atoms with Gasteiger partial charge in [-0.15, -0.1) is 0 Å². The molecule has 0 atom stereocenters. The van der Waals surface area contributed by atoms with Gasteiger partial charge in [-0.25, -0.2) is 0 Å². The third-order valence-corrected chi connectivity index (χ3v) is 2.89. The van der Waals surface area contributed by atoms with Crippen LogP contribution < -0.4 is 0 Å². The standard InChI is InChI=1S/C9H17NO2/c1-8(2)9(12)3-5-10(7-11)6-4-9/h7-8,12H,3-6H2,1-2H3. The first-order valence-corrected chi connectivity index (χ1v) is 4.50. The minimum atomic E-state index is -0.542. The van der Waals surface area contributed by atoms with Gasteiger partial charge in [-0.05, 0) is 18.8 Å². The predicted molar refractivity (Wildman–Crippen MR) is 46.7 cm³/mol. The molecule has 0 spiro atoms. The van der Waals surface area contributed by atoms with E-state index in [0.717, 1.165) is 6.41 Å². The summed E-state index contributed by atoms with van der Waals surface area (Å²) in [5.41, 5.74) is -0.542. The van der Waals surface area contributed by atoms with Crippen LogP contribution in [0.1, 0.15) is 26.7 Å². The third-order valence-electron chi connectivity index (χ3n) is 2.89. The Morgan fingerprint density at radius 3 is 2.25 bits per heavy atom. The zero-order valence-corrected chi connectivity index (χ0v) is 7.79.